The van der Waals surface area contributed by atoms with Crippen LogP contribution in [0.25, 0.3) is 5.65 Å². The van der Waals surface area contributed by atoms with Gasteiger partial charge in [0, 0.05) is 12.6 Å². The highest BCUT2D eigenvalue weighted by atomic mass is 16.5. The molecule has 6 nitrogen and oxygen atoms in total. The van der Waals surface area contributed by atoms with Crippen molar-refractivity contribution in [1.82, 2.24) is 19.5 Å². The van der Waals surface area contributed by atoms with Crippen molar-refractivity contribution < 1.29 is 9.53 Å². The molecule has 0 radical (unpaired) electrons. The number of hydrogen-bond acceptors (Lipinski definition) is 5. The molecular weight excluding hydrogens is 268 g/mol. The molecule has 0 saturated carbocycles. The molecule has 0 amide bonds. The van der Waals surface area contributed by atoms with Gasteiger partial charge in [0.05, 0.1) is 12.7 Å². The average Bonchev–Trinajstić information content (AvgIpc) is 2.91. The summed E-state index contributed by atoms with van der Waals surface area (Å²) in [6, 6.07) is 3.52. The Hall–Kier alpha value is -1.95. The number of rotatable bonds is 3. The Kier molecular flexibility index (Phi) is 3.88. The minimum atomic E-state index is -0.337. The fourth-order valence-electron chi connectivity index (χ4n) is 2.84. The summed E-state index contributed by atoms with van der Waals surface area (Å²) in [5.41, 5.74) is 1.29. The van der Waals surface area contributed by atoms with Crippen molar-refractivity contribution >= 4 is 11.6 Å². The molecule has 1 aliphatic heterocycles. The molecule has 0 bridgehead atoms. The van der Waals surface area contributed by atoms with E-state index < -0.39 is 0 Å². The number of aromatic nitrogens is 3. The van der Waals surface area contributed by atoms with Gasteiger partial charge in [-0.25, -0.2) is 4.79 Å². The lowest BCUT2D eigenvalue weighted by Gasteiger charge is -2.28. The Morgan fingerprint density at radius 3 is 2.81 bits per heavy atom. The van der Waals surface area contributed by atoms with Gasteiger partial charge in [0.15, 0.2) is 5.65 Å². The second-order valence-electron chi connectivity index (χ2n) is 5.70. The van der Waals surface area contributed by atoms with Crippen LogP contribution in [0.4, 0.5) is 0 Å². The van der Waals surface area contributed by atoms with E-state index in [2.05, 4.69) is 22.1 Å². The van der Waals surface area contributed by atoms with E-state index >= 15 is 0 Å². The molecule has 3 heterocycles. The highest BCUT2D eigenvalue weighted by Gasteiger charge is 2.20. The molecule has 0 N–H and O–H groups in total. The van der Waals surface area contributed by atoms with E-state index in [1.54, 1.807) is 18.3 Å². The topological polar surface area (TPSA) is 59.7 Å². The Bertz CT molecular complexity index is 644. The van der Waals surface area contributed by atoms with Crippen LogP contribution in [0, 0.1) is 5.92 Å². The summed E-state index contributed by atoms with van der Waals surface area (Å²) in [6.07, 6.45) is 5.04. The van der Waals surface area contributed by atoms with Gasteiger partial charge in [0.2, 0.25) is 0 Å². The van der Waals surface area contributed by atoms with E-state index in [0.717, 1.165) is 31.0 Å². The third-order valence-corrected chi connectivity index (χ3v) is 4.20. The lowest BCUT2D eigenvalue weighted by Crippen LogP contribution is -2.31. The highest BCUT2D eigenvalue weighted by Crippen LogP contribution is 2.20. The number of likely N-dealkylation sites (tertiary alicyclic amines) is 1. The third-order valence-electron chi connectivity index (χ3n) is 4.20. The fraction of sp³-hybridized carbons (Fsp3) is 0.533. The molecule has 2 aromatic rings. The van der Waals surface area contributed by atoms with Crippen molar-refractivity contribution in [3.05, 3.63) is 29.7 Å². The molecule has 21 heavy (non-hydrogen) atoms. The quantitative estimate of drug-likeness (QED) is 0.799. The Balaban J connectivity index is 1.83. The van der Waals surface area contributed by atoms with E-state index in [0.29, 0.717) is 11.5 Å². The smallest absolute Gasteiger partial charge is 0.339 e. The fourth-order valence-corrected chi connectivity index (χ4v) is 2.84. The van der Waals surface area contributed by atoms with Crippen molar-refractivity contribution in [2.45, 2.75) is 19.3 Å². The zero-order valence-corrected chi connectivity index (χ0v) is 12.5. The van der Waals surface area contributed by atoms with E-state index in [4.69, 9.17) is 4.74 Å². The number of nitrogens with zero attached hydrogens (tertiary/aromatic N) is 4. The second-order valence-corrected chi connectivity index (χ2v) is 5.70. The second kappa shape index (κ2) is 5.81. The number of methoxy groups -OCH3 is 1. The van der Waals surface area contributed by atoms with Gasteiger partial charge in [-0.3, -0.25) is 4.40 Å². The Morgan fingerprint density at radius 2 is 2.10 bits per heavy atom. The van der Waals surface area contributed by atoms with E-state index in [-0.39, 0.29) is 5.97 Å². The summed E-state index contributed by atoms with van der Waals surface area (Å²) in [6.45, 7) is 2.27. The predicted octanol–water partition coefficient (Wildman–Crippen LogP) is 1.40. The minimum Gasteiger partial charge on any atom is -0.465 e. The van der Waals surface area contributed by atoms with Crippen molar-refractivity contribution in [3.8, 4) is 0 Å². The largest absolute Gasteiger partial charge is 0.465 e. The lowest BCUT2D eigenvalue weighted by atomic mass is 9.93. The highest BCUT2D eigenvalue weighted by molar-refractivity contribution is 5.89. The van der Waals surface area contributed by atoms with Gasteiger partial charge >= 0.3 is 5.97 Å². The van der Waals surface area contributed by atoms with E-state index in [9.17, 15) is 4.79 Å². The number of piperidine rings is 1. The zero-order chi connectivity index (χ0) is 14.8. The van der Waals surface area contributed by atoms with Crippen molar-refractivity contribution in [2.24, 2.45) is 5.92 Å². The van der Waals surface area contributed by atoms with Crippen LogP contribution >= 0.6 is 0 Å². The van der Waals surface area contributed by atoms with E-state index in [1.807, 2.05) is 4.40 Å². The van der Waals surface area contributed by atoms with Crippen LogP contribution in [0.3, 0.4) is 0 Å². The maximum absolute atomic E-state index is 11.6. The van der Waals surface area contributed by atoms with Crippen LogP contribution in [-0.4, -0.2) is 52.7 Å². The van der Waals surface area contributed by atoms with Crippen LogP contribution < -0.4 is 0 Å². The van der Waals surface area contributed by atoms with Crippen LogP contribution in [0.1, 0.15) is 29.0 Å². The average molecular weight is 288 g/mol. The zero-order valence-electron chi connectivity index (χ0n) is 12.5. The molecule has 0 aliphatic carbocycles. The maximum Gasteiger partial charge on any atom is 0.339 e. The molecule has 0 aromatic carbocycles. The first-order valence-corrected chi connectivity index (χ1v) is 7.28. The van der Waals surface area contributed by atoms with Crippen molar-refractivity contribution in [3.63, 3.8) is 0 Å². The molecule has 112 valence electrons. The molecule has 2 aromatic heterocycles. The standard InChI is InChI=1S/C15H20N4O2/c1-18-7-5-11(6-8-18)9-14-17-16-13-4-3-12(10-19(13)14)15(20)21-2/h3-4,10-11H,5-9H2,1-2H3. The summed E-state index contributed by atoms with van der Waals surface area (Å²) in [7, 11) is 3.55. The molecule has 1 aliphatic rings. The molecule has 1 fully saturated rings. The van der Waals surface area contributed by atoms with Gasteiger partial charge in [0.25, 0.3) is 0 Å². The first kappa shape index (κ1) is 14.0. The monoisotopic (exact) mass is 288 g/mol. The molecular formula is C15H20N4O2. The molecule has 6 heteroatoms. The molecule has 0 atom stereocenters. The predicted molar refractivity (Wildman–Crippen MR) is 78.3 cm³/mol. The molecule has 0 spiro atoms. The van der Waals surface area contributed by atoms with Crippen molar-refractivity contribution in [1.29, 1.82) is 0 Å². The number of carbonyl (C=O) groups excluding carboxylic acids is 1. The summed E-state index contributed by atoms with van der Waals surface area (Å²) in [5, 5.41) is 8.46. The first-order valence-electron chi connectivity index (χ1n) is 7.28. The lowest BCUT2D eigenvalue weighted by molar-refractivity contribution is 0.0600. The molecule has 1 saturated heterocycles. The van der Waals surface area contributed by atoms with Gasteiger partial charge in [-0.1, -0.05) is 0 Å². The summed E-state index contributed by atoms with van der Waals surface area (Å²) in [5.74, 6) is 1.22. The van der Waals surface area contributed by atoms with Crippen LogP contribution in [0.5, 0.6) is 0 Å². The summed E-state index contributed by atoms with van der Waals surface area (Å²) >= 11 is 0. The van der Waals surface area contributed by atoms with Crippen molar-refractivity contribution in [2.75, 3.05) is 27.2 Å². The normalized spacial score (nSPS) is 17.2. The molecule has 3 rings (SSSR count). The van der Waals surface area contributed by atoms with Gasteiger partial charge in [-0.05, 0) is 51.0 Å². The summed E-state index contributed by atoms with van der Waals surface area (Å²) in [4.78, 5) is 14.0. The van der Waals surface area contributed by atoms with Crippen LogP contribution in [0.2, 0.25) is 0 Å². The van der Waals surface area contributed by atoms with Gasteiger partial charge in [-0.15, -0.1) is 10.2 Å². The maximum atomic E-state index is 11.6. The SMILES string of the molecule is COC(=O)c1ccc2nnc(CC3CCN(C)CC3)n2c1. The number of ether oxygens (including phenoxy) is 1. The number of fused-ring (bicyclic) bond motifs is 1. The van der Waals surface area contributed by atoms with Gasteiger partial charge < -0.3 is 9.64 Å². The minimum absolute atomic E-state index is 0.337. The van der Waals surface area contributed by atoms with E-state index in [1.165, 1.54) is 20.0 Å². The van der Waals surface area contributed by atoms with Gasteiger partial charge in [0.1, 0.15) is 5.82 Å². The molecule has 0 unspecified atom stereocenters. The summed E-state index contributed by atoms with van der Waals surface area (Å²) < 4.78 is 6.67. The Labute approximate surface area is 123 Å². The van der Waals surface area contributed by atoms with Crippen LogP contribution in [0.15, 0.2) is 18.3 Å². The number of esters is 1. The first-order chi connectivity index (χ1) is 10.2. The number of pyridine rings is 1. The third kappa shape index (κ3) is 2.90. The van der Waals surface area contributed by atoms with Crippen LogP contribution in [-0.2, 0) is 11.2 Å². The Morgan fingerprint density at radius 1 is 1.33 bits per heavy atom. The number of carbonyl (C=O) groups is 1. The number of hydrogen-bond donors (Lipinski definition) is 0. The van der Waals surface area contributed by atoms with Gasteiger partial charge in [-0.2, -0.15) is 0 Å².